The minimum absolute atomic E-state index is 0.112. The maximum Gasteiger partial charge on any atom is 0.171 e. The number of aromatic nitrogens is 1. The van der Waals surface area contributed by atoms with E-state index in [-0.39, 0.29) is 17.6 Å². The van der Waals surface area contributed by atoms with E-state index in [4.69, 9.17) is 9.26 Å². The lowest BCUT2D eigenvalue weighted by Crippen LogP contribution is -2.44. The summed E-state index contributed by atoms with van der Waals surface area (Å²) in [6.07, 6.45) is 4.35. The van der Waals surface area contributed by atoms with E-state index in [2.05, 4.69) is 29.5 Å². The van der Waals surface area contributed by atoms with Crippen molar-refractivity contribution in [3.05, 3.63) is 83.9 Å². The van der Waals surface area contributed by atoms with Gasteiger partial charge in [-0.05, 0) is 92.5 Å². The van der Waals surface area contributed by atoms with E-state index >= 15 is 0 Å². The van der Waals surface area contributed by atoms with Gasteiger partial charge in [-0.25, -0.2) is 0 Å². The zero-order valence-corrected chi connectivity index (χ0v) is 19.8. The molecule has 1 fully saturated rings. The lowest BCUT2D eigenvalue weighted by Gasteiger charge is -2.29. The first-order valence-electron chi connectivity index (χ1n) is 12.1. The van der Waals surface area contributed by atoms with Gasteiger partial charge in [0.1, 0.15) is 29.0 Å². The molecular weight excluding hydrogens is 440 g/mol. The highest BCUT2D eigenvalue weighted by molar-refractivity contribution is 5.73. The molecule has 1 saturated heterocycles. The Labute approximate surface area is 205 Å². The van der Waals surface area contributed by atoms with Gasteiger partial charge in [0, 0.05) is 29.2 Å². The summed E-state index contributed by atoms with van der Waals surface area (Å²) in [5.74, 6) is 1.91. The number of ether oxygens (including phenoxy) is 1. The van der Waals surface area contributed by atoms with E-state index in [1.807, 2.05) is 36.4 Å². The Morgan fingerprint density at radius 1 is 0.914 bits per heavy atom. The van der Waals surface area contributed by atoms with Gasteiger partial charge in [-0.3, -0.25) is 0 Å². The van der Waals surface area contributed by atoms with Crippen molar-refractivity contribution in [2.24, 2.45) is 0 Å². The molecule has 1 aliphatic heterocycles. The number of hydrogen-bond acceptors (Lipinski definition) is 6. The second-order valence-corrected chi connectivity index (χ2v) is 9.13. The van der Waals surface area contributed by atoms with Gasteiger partial charge in [-0.15, -0.1) is 0 Å². The quantitative estimate of drug-likeness (QED) is 0.311. The predicted octanol–water partition coefficient (Wildman–Crippen LogP) is 5.92. The van der Waals surface area contributed by atoms with Gasteiger partial charge in [-0.2, -0.15) is 0 Å². The number of aromatic hydroxyl groups is 2. The van der Waals surface area contributed by atoms with Crippen LogP contribution in [0, 0.1) is 0 Å². The van der Waals surface area contributed by atoms with Crippen molar-refractivity contribution in [2.45, 2.75) is 44.8 Å². The highest BCUT2D eigenvalue weighted by Crippen LogP contribution is 2.35. The predicted molar refractivity (Wildman–Crippen MR) is 136 cm³/mol. The van der Waals surface area contributed by atoms with Crippen LogP contribution in [0.4, 0.5) is 0 Å². The van der Waals surface area contributed by atoms with E-state index < -0.39 is 0 Å². The van der Waals surface area contributed by atoms with Crippen LogP contribution in [0.3, 0.4) is 0 Å². The molecule has 1 aliphatic rings. The number of phenolic OH excluding ortho intramolecular Hbond substituents is 2. The van der Waals surface area contributed by atoms with Crippen LogP contribution in [-0.4, -0.2) is 34.1 Å². The Hall–Kier alpha value is -3.77. The van der Waals surface area contributed by atoms with E-state index in [1.54, 1.807) is 24.3 Å². The van der Waals surface area contributed by atoms with Gasteiger partial charge < -0.3 is 24.8 Å². The molecular formula is C29H30N2O4. The first-order chi connectivity index (χ1) is 17.1. The van der Waals surface area contributed by atoms with Gasteiger partial charge in [0.25, 0.3) is 0 Å². The summed E-state index contributed by atoms with van der Waals surface area (Å²) in [7, 11) is 0. The molecule has 3 aromatic carbocycles. The Kier molecular flexibility index (Phi) is 6.73. The topological polar surface area (TPSA) is 87.8 Å². The third-order valence-electron chi connectivity index (χ3n) is 6.60. The van der Waals surface area contributed by atoms with Crippen molar-refractivity contribution >= 4 is 0 Å². The second-order valence-electron chi connectivity index (χ2n) is 9.13. The van der Waals surface area contributed by atoms with Crippen LogP contribution in [0.5, 0.6) is 17.2 Å². The molecule has 0 spiro atoms. The number of hydrogen-bond donors (Lipinski definition) is 3. The fourth-order valence-corrected chi connectivity index (χ4v) is 4.63. The highest BCUT2D eigenvalue weighted by Gasteiger charge is 2.22. The number of benzene rings is 3. The average molecular weight is 471 g/mol. The third kappa shape index (κ3) is 5.33. The number of phenols is 2. The van der Waals surface area contributed by atoms with Gasteiger partial charge in [0.15, 0.2) is 5.76 Å². The maximum absolute atomic E-state index is 9.71. The third-order valence-corrected chi connectivity index (χ3v) is 6.60. The average Bonchev–Trinajstić information content (AvgIpc) is 3.30. The van der Waals surface area contributed by atoms with Crippen LogP contribution in [0.25, 0.3) is 22.6 Å². The summed E-state index contributed by atoms with van der Waals surface area (Å²) in [5, 5.41) is 27.3. The van der Waals surface area contributed by atoms with Gasteiger partial charge in [0.05, 0.1) is 0 Å². The fraction of sp³-hybridized carbons (Fsp3) is 0.276. The van der Waals surface area contributed by atoms with Crippen molar-refractivity contribution in [1.29, 1.82) is 0 Å². The molecule has 6 nitrogen and oxygen atoms in total. The Morgan fingerprint density at radius 2 is 1.57 bits per heavy atom. The van der Waals surface area contributed by atoms with Gasteiger partial charge in [0.2, 0.25) is 0 Å². The minimum Gasteiger partial charge on any atom is -0.508 e. The van der Waals surface area contributed by atoms with Crippen molar-refractivity contribution in [3.63, 3.8) is 0 Å². The van der Waals surface area contributed by atoms with Gasteiger partial charge >= 0.3 is 0 Å². The van der Waals surface area contributed by atoms with Crippen molar-refractivity contribution in [3.8, 4) is 39.8 Å². The molecule has 2 atom stereocenters. The van der Waals surface area contributed by atoms with Crippen LogP contribution < -0.4 is 10.1 Å². The number of piperidine rings is 1. The maximum atomic E-state index is 9.71. The first kappa shape index (κ1) is 23.0. The molecule has 0 radical (unpaired) electrons. The summed E-state index contributed by atoms with van der Waals surface area (Å²) < 4.78 is 12.0. The van der Waals surface area contributed by atoms with Crippen LogP contribution in [0.1, 0.15) is 37.3 Å². The van der Waals surface area contributed by atoms with E-state index in [1.165, 1.54) is 12.8 Å². The summed E-state index contributed by atoms with van der Waals surface area (Å²) in [5.41, 5.74) is 4.47. The van der Waals surface area contributed by atoms with E-state index in [0.717, 1.165) is 46.7 Å². The van der Waals surface area contributed by atoms with Crippen molar-refractivity contribution < 1.29 is 19.5 Å². The molecule has 0 bridgehead atoms. The van der Waals surface area contributed by atoms with Gasteiger partial charge in [-0.1, -0.05) is 23.7 Å². The molecule has 180 valence electrons. The molecule has 35 heavy (non-hydrogen) atoms. The summed E-state index contributed by atoms with van der Waals surface area (Å²) in [6.45, 7) is 3.19. The molecule has 0 amide bonds. The smallest absolute Gasteiger partial charge is 0.171 e. The zero-order valence-electron chi connectivity index (χ0n) is 19.8. The number of nitrogens with zero attached hydrogens (tertiary/aromatic N) is 1. The largest absolute Gasteiger partial charge is 0.508 e. The molecule has 0 aliphatic carbocycles. The number of rotatable bonds is 7. The normalized spacial score (nSPS) is 16.7. The summed E-state index contributed by atoms with van der Waals surface area (Å²) >= 11 is 0. The Bertz CT molecular complexity index is 1180. The number of nitrogens with one attached hydrogen (secondary N) is 1. The van der Waals surface area contributed by atoms with Crippen LogP contribution in [-0.2, 0) is 6.42 Å². The van der Waals surface area contributed by atoms with E-state index in [9.17, 15) is 10.2 Å². The van der Waals surface area contributed by atoms with Crippen LogP contribution in [0.2, 0.25) is 0 Å². The minimum atomic E-state index is 0.112. The first-order valence-corrected chi connectivity index (χ1v) is 12.1. The molecule has 3 N–H and O–H groups in total. The monoisotopic (exact) mass is 470 g/mol. The zero-order chi connectivity index (χ0) is 24.2. The lowest BCUT2D eigenvalue weighted by molar-refractivity contribution is 0.152. The van der Waals surface area contributed by atoms with Crippen LogP contribution >= 0.6 is 0 Å². The summed E-state index contributed by atoms with van der Waals surface area (Å²) in [4.78, 5) is 0. The fourth-order valence-electron chi connectivity index (χ4n) is 4.63. The Morgan fingerprint density at radius 3 is 2.20 bits per heavy atom. The lowest BCUT2D eigenvalue weighted by atomic mass is 9.96. The molecule has 0 saturated carbocycles. The molecule has 6 heteroatoms. The van der Waals surface area contributed by atoms with Crippen molar-refractivity contribution in [2.75, 3.05) is 6.54 Å². The second kappa shape index (κ2) is 10.2. The SMILES string of the molecule is CC(Oc1ccc(Cc2c(-c3ccc(O)cc3)noc2-c2ccc(O)cc2)cc1)C1CCCCN1. The Balaban J connectivity index is 1.40. The van der Waals surface area contributed by atoms with E-state index in [0.29, 0.717) is 18.2 Å². The molecule has 4 aromatic rings. The highest BCUT2D eigenvalue weighted by atomic mass is 16.5. The molecule has 2 heterocycles. The summed E-state index contributed by atoms with van der Waals surface area (Å²) in [6, 6.07) is 22.4. The molecule has 5 rings (SSSR count). The standard InChI is InChI=1S/C29H30N2O4/c1-19(27-4-2-3-17-30-27)34-25-15-5-20(6-16-25)18-26-28(21-7-11-23(32)12-8-21)31-35-29(26)22-9-13-24(33)14-10-22/h5-16,19,27,30,32-33H,2-4,17-18H2,1H3. The van der Waals surface area contributed by atoms with Crippen molar-refractivity contribution in [1.82, 2.24) is 10.5 Å². The van der Waals surface area contributed by atoms with Crippen LogP contribution in [0.15, 0.2) is 77.3 Å². The molecule has 1 aromatic heterocycles. The molecule has 2 unspecified atom stereocenters.